The summed E-state index contributed by atoms with van der Waals surface area (Å²) >= 11 is 7.91. The predicted molar refractivity (Wildman–Crippen MR) is 81.5 cm³/mol. The van der Waals surface area contributed by atoms with Gasteiger partial charge in [0.1, 0.15) is 6.04 Å². The topological polar surface area (TPSA) is 109 Å². The molecule has 6 nitrogen and oxygen atoms in total. The monoisotopic (exact) mass is 410 g/mol. The summed E-state index contributed by atoms with van der Waals surface area (Å²) in [7, 11) is 0. The number of halogens is 2. The molecule has 1 atom stereocenters. The molecule has 20 heavy (non-hydrogen) atoms. The molecule has 0 bridgehead atoms. The van der Waals surface area contributed by atoms with Gasteiger partial charge in [0.05, 0.1) is 5.02 Å². The zero-order chi connectivity index (χ0) is 15.3. The summed E-state index contributed by atoms with van der Waals surface area (Å²) in [4.78, 5) is 33.6. The molecule has 0 aliphatic rings. The largest absolute Gasteiger partial charge is 0.480 e. The zero-order valence-corrected chi connectivity index (χ0v) is 13.1. The van der Waals surface area contributed by atoms with Crippen molar-refractivity contribution in [2.45, 2.75) is 18.9 Å². The number of carboxylic acids is 1. The fraction of sp³-hybridized carbons (Fsp3) is 0.250. The van der Waals surface area contributed by atoms with E-state index in [1.165, 1.54) is 12.1 Å². The van der Waals surface area contributed by atoms with Crippen molar-refractivity contribution in [3.8, 4) is 0 Å². The van der Waals surface area contributed by atoms with Crippen LogP contribution in [0, 0.1) is 3.57 Å². The zero-order valence-electron chi connectivity index (χ0n) is 10.2. The van der Waals surface area contributed by atoms with Gasteiger partial charge in [0.2, 0.25) is 5.91 Å². The maximum Gasteiger partial charge on any atom is 0.326 e. The first-order valence-electron chi connectivity index (χ1n) is 5.58. The summed E-state index contributed by atoms with van der Waals surface area (Å²) in [6.07, 6.45) is -0.181. The van der Waals surface area contributed by atoms with Gasteiger partial charge in [-0.3, -0.25) is 9.59 Å². The number of benzene rings is 1. The maximum atomic E-state index is 11.9. The van der Waals surface area contributed by atoms with Crippen LogP contribution in [-0.2, 0) is 9.59 Å². The Labute approximate surface area is 133 Å². The highest BCUT2D eigenvalue weighted by Crippen LogP contribution is 2.19. The molecule has 0 aliphatic carbocycles. The van der Waals surface area contributed by atoms with Crippen LogP contribution < -0.4 is 11.1 Å². The molecule has 1 rings (SSSR count). The van der Waals surface area contributed by atoms with Crippen molar-refractivity contribution in [2.75, 3.05) is 0 Å². The fourth-order valence-corrected chi connectivity index (χ4v) is 1.94. The number of nitrogens with one attached hydrogen (secondary N) is 1. The van der Waals surface area contributed by atoms with Crippen LogP contribution in [0.1, 0.15) is 23.2 Å². The Morgan fingerprint density at radius 1 is 1.40 bits per heavy atom. The number of amides is 2. The lowest BCUT2D eigenvalue weighted by atomic mass is 10.1. The summed E-state index contributed by atoms with van der Waals surface area (Å²) in [5.74, 6) is -2.42. The van der Waals surface area contributed by atoms with Crippen molar-refractivity contribution in [3.63, 3.8) is 0 Å². The first kappa shape index (κ1) is 16.7. The van der Waals surface area contributed by atoms with Crippen LogP contribution in [0.4, 0.5) is 0 Å². The summed E-state index contributed by atoms with van der Waals surface area (Å²) in [6, 6.07) is 3.46. The quantitative estimate of drug-likeness (QED) is 0.616. The second kappa shape index (κ2) is 7.44. The van der Waals surface area contributed by atoms with E-state index in [0.717, 1.165) is 3.57 Å². The molecule has 0 heterocycles. The molecule has 0 fully saturated rings. The van der Waals surface area contributed by atoms with Crippen LogP contribution in [0.25, 0.3) is 0 Å². The Bertz CT molecular complexity index is 550. The second-order valence-corrected chi connectivity index (χ2v) is 5.57. The van der Waals surface area contributed by atoms with E-state index < -0.39 is 23.8 Å². The van der Waals surface area contributed by atoms with E-state index in [1.54, 1.807) is 6.07 Å². The van der Waals surface area contributed by atoms with E-state index in [4.69, 9.17) is 22.4 Å². The van der Waals surface area contributed by atoms with Gasteiger partial charge in [-0.05, 0) is 47.2 Å². The van der Waals surface area contributed by atoms with E-state index in [2.05, 4.69) is 5.32 Å². The first-order chi connectivity index (χ1) is 9.31. The molecule has 0 unspecified atom stereocenters. The number of hydrogen-bond donors (Lipinski definition) is 3. The molecular formula is C12H12ClIN2O4. The minimum absolute atomic E-state index is 0.0610. The Hall–Kier alpha value is -1.35. The molecule has 0 saturated heterocycles. The van der Waals surface area contributed by atoms with Crippen molar-refractivity contribution in [1.82, 2.24) is 5.32 Å². The number of carbonyl (C=O) groups excluding carboxylic acids is 2. The van der Waals surface area contributed by atoms with Crippen LogP contribution >= 0.6 is 34.2 Å². The molecule has 0 spiro atoms. The molecule has 0 aliphatic heterocycles. The minimum Gasteiger partial charge on any atom is -0.480 e. The van der Waals surface area contributed by atoms with Crippen LogP contribution in [0.2, 0.25) is 5.02 Å². The summed E-state index contributed by atoms with van der Waals surface area (Å²) in [5.41, 5.74) is 5.21. The van der Waals surface area contributed by atoms with Gasteiger partial charge >= 0.3 is 5.97 Å². The molecule has 0 aromatic heterocycles. The number of nitrogens with two attached hydrogens (primary N) is 1. The highest BCUT2D eigenvalue weighted by molar-refractivity contribution is 14.1. The fourth-order valence-electron chi connectivity index (χ4n) is 1.42. The number of aliphatic carboxylic acids is 1. The van der Waals surface area contributed by atoms with Gasteiger partial charge < -0.3 is 16.2 Å². The maximum absolute atomic E-state index is 11.9. The van der Waals surface area contributed by atoms with Crippen molar-refractivity contribution >= 4 is 52.0 Å². The van der Waals surface area contributed by atoms with Gasteiger partial charge in [-0.2, -0.15) is 0 Å². The Morgan fingerprint density at radius 3 is 2.55 bits per heavy atom. The van der Waals surface area contributed by atoms with Crippen LogP contribution in [0.5, 0.6) is 0 Å². The van der Waals surface area contributed by atoms with E-state index in [0.29, 0.717) is 5.02 Å². The second-order valence-electron chi connectivity index (χ2n) is 4.00. The summed E-state index contributed by atoms with van der Waals surface area (Å²) in [6.45, 7) is 0. The van der Waals surface area contributed by atoms with Gasteiger partial charge in [-0.1, -0.05) is 11.6 Å². The van der Waals surface area contributed by atoms with Crippen molar-refractivity contribution in [3.05, 3.63) is 32.4 Å². The van der Waals surface area contributed by atoms with E-state index in [-0.39, 0.29) is 18.4 Å². The van der Waals surface area contributed by atoms with E-state index in [9.17, 15) is 14.4 Å². The van der Waals surface area contributed by atoms with Gasteiger partial charge in [0.15, 0.2) is 0 Å². The molecule has 8 heteroatoms. The van der Waals surface area contributed by atoms with Gasteiger partial charge in [0.25, 0.3) is 5.91 Å². The predicted octanol–water partition coefficient (Wildman–Crippen LogP) is 1.39. The lowest BCUT2D eigenvalue weighted by Gasteiger charge is -2.14. The number of primary amides is 1. The Balaban J connectivity index is 2.77. The molecule has 1 aromatic rings. The molecule has 0 saturated carbocycles. The average molecular weight is 411 g/mol. The summed E-state index contributed by atoms with van der Waals surface area (Å²) in [5, 5.41) is 11.7. The third-order valence-electron chi connectivity index (χ3n) is 2.46. The molecule has 2 amide bonds. The van der Waals surface area contributed by atoms with Gasteiger partial charge in [0, 0.05) is 15.6 Å². The van der Waals surface area contributed by atoms with Crippen molar-refractivity contribution in [2.24, 2.45) is 5.73 Å². The average Bonchev–Trinajstić information content (AvgIpc) is 2.36. The van der Waals surface area contributed by atoms with Gasteiger partial charge in [-0.25, -0.2) is 4.79 Å². The third kappa shape index (κ3) is 4.97. The van der Waals surface area contributed by atoms with Crippen LogP contribution in [-0.4, -0.2) is 28.9 Å². The molecule has 108 valence electrons. The summed E-state index contributed by atoms with van der Waals surface area (Å²) < 4.78 is 0.782. The normalized spacial score (nSPS) is 11.7. The van der Waals surface area contributed by atoms with Crippen molar-refractivity contribution in [1.29, 1.82) is 0 Å². The first-order valence-corrected chi connectivity index (χ1v) is 7.04. The van der Waals surface area contributed by atoms with E-state index >= 15 is 0 Å². The standard InChI is InChI=1S/C12H12ClIN2O4/c13-7-5-6(1-2-8(7)14)11(18)16-9(12(19)20)3-4-10(15)17/h1-2,5,9H,3-4H2,(H2,15,17)(H,16,18)(H,19,20)/t9-/m1/s1. The Kier molecular flexibility index (Phi) is 6.21. The minimum atomic E-state index is -1.23. The van der Waals surface area contributed by atoms with Crippen LogP contribution in [0.15, 0.2) is 18.2 Å². The number of carbonyl (C=O) groups is 3. The number of hydrogen-bond acceptors (Lipinski definition) is 3. The molecule has 0 radical (unpaired) electrons. The molecule has 4 N–H and O–H groups in total. The Morgan fingerprint density at radius 2 is 2.05 bits per heavy atom. The SMILES string of the molecule is NC(=O)CC[C@@H](NC(=O)c1ccc(I)c(Cl)c1)C(=O)O. The lowest BCUT2D eigenvalue weighted by Crippen LogP contribution is -2.41. The highest BCUT2D eigenvalue weighted by Gasteiger charge is 2.21. The number of rotatable bonds is 6. The van der Waals surface area contributed by atoms with Crippen molar-refractivity contribution < 1.29 is 19.5 Å². The van der Waals surface area contributed by atoms with E-state index in [1.807, 2.05) is 22.6 Å². The third-order valence-corrected chi connectivity index (χ3v) is 4.04. The molecular weight excluding hydrogens is 398 g/mol. The van der Waals surface area contributed by atoms with Crippen LogP contribution in [0.3, 0.4) is 0 Å². The lowest BCUT2D eigenvalue weighted by molar-refractivity contribution is -0.139. The smallest absolute Gasteiger partial charge is 0.326 e. The number of carboxylic acid groups (broad SMARTS) is 1. The highest BCUT2D eigenvalue weighted by atomic mass is 127. The molecule has 1 aromatic carbocycles. The van der Waals surface area contributed by atoms with Gasteiger partial charge in [-0.15, -0.1) is 0 Å².